The first kappa shape index (κ1) is 52.3. The van der Waals surface area contributed by atoms with Gasteiger partial charge in [0.15, 0.2) is 22.8 Å². The van der Waals surface area contributed by atoms with Gasteiger partial charge in [0.1, 0.15) is 11.6 Å². The van der Waals surface area contributed by atoms with Gasteiger partial charge in [-0.15, -0.1) is 0 Å². The van der Waals surface area contributed by atoms with Crippen molar-refractivity contribution >= 4 is 35.3 Å². The van der Waals surface area contributed by atoms with Crippen molar-refractivity contribution in [2.45, 2.75) is 77.7 Å². The molecule has 22 heteroatoms. The topological polar surface area (TPSA) is 255 Å². The number of likely N-dealkylation sites (tertiary alicyclic amines) is 2. The van der Waals surface area contributed by atoms with Gasteiger partial charge in [-0.25, -0.2) is 28.1 Å². The first-order valence-electron chi connectivity index (χ1n) is 24.4. The Morgan fingerprint density at radius 3 is 1.37 bits per heavy atom. The van der Waals surface area contributed by atoms with Gasteiger partial charge >= 0.3 is 0 Å². The number of hydrogen-bond acceptors (Lipinski definition) is 14. The summed E-state index contributed by atoms with van der Waals surface area (Å²) in [6.07, 6.45) is 7.75. The molecule has 10 heterocycles. The third kappa shape index (κ3) is 9.23. The minimum Gasteiger partial charge on any atom is -0.378 e. The molecule has 0 spiro atoms. The second kappa shape index (κ2) is 20.6. The van der Waals surface area contributed by atoms with Gasteiger partial charge in [0.2, 0.25) is 0 Å². The van der Waals surface area contributed by atoms with E-state index in [0.717, 1.165) is 25.7 Å². The van der Waals surface area contributed by atoms with Gasteiger partial charge in [-0.1, -0.05) is 27.0 Å². The lowest BCUT2D eigenvalue weighted by atomic mass is 10.0. The first-order chi connectivity index (χ1) is 35.8. The van der Waals surface area contributed by atoms with Crippen molar-refractivity contribution in [3.8, 4) is 46.0 Å². The summed E-state index contributed by atoms with van der Waals surface area (Å²) in [6.45, 7) is 4.19. The van der Waals surface area contributed by atoms with Crippen LogP contribution in [0, 0.1) is 34.3 Å². The number of aromatic nitrogens is 6. The molecule has 6 aliphatic heterocycles. The van der Waals surface area contributed by atoms with Gasteiger partial charge in [-0.2, -0.15) is 20.7 Å². The molecule has 4 amide bonds. The molecule has 2 atom stereocenters. The second-order valence-corrected chi connectivity index (χ2v) is 19.3. The molecule has 0 bridgehead atoms. The van der Waals surface area contributed by atoms with Crippen LogP contribution in [0.2, 0.25) is 0 Å². The Morgan fingerprint density at radius 2 is 0.987 bits per heavy atom. The van der Waals surface area contributed by atoms with Crippen molar-refractivity contribution < 1.29 is 38.2 Å². The minimum atomic E-state index is -1.46. The summed E-state index contributed by atoms with van der Waals surface area (Å²) in [7, 11) is 0. The van der Waals surface area contributed by atoms with Crippen LogP contribution in [0.15, 0.2) is 73.1 Å². The third-order valence-corrected chi connectivity index (χ3v) is 14.6. The van der Waals surface area contributed by atoms with Crippen LogP contribution >= 0.6 is 0 Å². The molecule has 1 unspecified atom stereocenters. The Balaban J connectivity index is 0.000000181. The van der Waals surface area contributed by atoms with Crippen molar-refractivity contribution in [1.29, 1.82) is 10.5 Å². The maximum Gasteiger partial charge on any atom is 0.256 e. The van der Waals surface area contributed by atoms with E-state index in [9.17, 15) is 48.7 Å². The molecular weight excluding hydrogens is 979 g/mol. The summed E-state index contributed by atoms with van der Waals surface area (Å²) in [5.41, 5.74) is 0.255. The van der Waals surface area contributed by atoms with Crippen LogP contribution in [-0.2, 0) is 22.7 Å². The van der Waals surface area contributed by atoms with Crippen LogP contribution in [0.1, 0.15) is 96.6 Å². The largest absolute Gasteiger partial charge is 0.378 e. The molecule has 392 valence electrons. The van der Waals surface area contributed by atoms with Crippen LogP contribution in [0.3, 0.4) is 0 Å². The summed E-state index contributed by atoms with van der Waals surface area (Å²) < 4.78 is 32.6. The predicted molar refractivity (Wildman–Crippen MR) is 274 cm³/mol. The minimum absolute atomic E-state index is 0. The van der Waals surface area contributed by atoms with Crippen molar-refractivity contribution in [2.75, 3.05) is 62.2 Å². The van der Waals surface area contributed by atoms with E-state index < -0.39 is 22.8 Å². The highest BCUT2D eigenvalue weighted by molar-refractivity contribution is 6.02. The number of pyridine rings is 2. The van der Waals surface area contributed by atoms with Crippen LogP contribution in [0.4, 0.5) is 20.4 Å². The van der Waals surface area contributed by atoms with Crippen molar-refractivity contribution in [1.82, 2.24) is 50.0 Å². The number of hydrogen-bond donors (Lipinski definition) is 4. The smallest absolute Gasteiger partial charge is 0.256 e. The summed E-state index contributed by atoms with van der Waals surface area (Å²) >= 11 is 0. The number of carbonyl (C=O) groups excluding carboxylic acids is 4. The van der Waals surface area contributed by atoms with E-state index in [1.165, 1.54) is 45.8 Å². The molecular formula is C54H56F2N14O6. The average Bonchev–Trinajstić information content (AvgIpc) is 4.26. The quantitative estimate of drug-likeness (QED) is 0.160. The number of benzene rings is 2. The Hall–Kier alpha value is -8.60. The normalized spacial score (nSPS) is 20.2. The van der Waals surface area contributed by atoms with Gasteiger partial charge in [0.25, 0.3) is 23.6 Å². The molecule has 12 rings (SSSR count). The zero-order valence-corrected chi connectivity index (χ0v) is 39.9. The Bertz CT molecular complexity index is 3170. The summed E-state index contributed by atoms with van der Waals surface area (Å²) in [4.78, 5) is 67.2. The molecule has 4 N–H and O–H groups in total. The SMILES string of the molecule is C.C.N#Cc1cccc(F)c1-c1cc(-n2ccc(N3CCC(O)(C(=O)N4CCCC4)C3)n2)c2c(n1)CNC2=O.N#Cc1cccc(F)c1-c1cc(-n2ccc(N3CC[C@](O)(C(=O)N4CCCC4)C3)n2)c2c(n1)CNC2=O. The number of nitrogens with zero attached hydrogens (tertiary/aromatic N) is 12. The first-order valence-corrected chi connectivity index (χ1v) is 24.4. The summed E-state index contributed by atoms with van der Waals surface area (Å²) in [5, 5.41) is 56.0. The van der Waals surface area contributed by atoms with Crippen LogP contribution in [0.25, 0.3) is 33.9 Å². The highest BCUT2D eigenvalue weighted by Gasteiger charge is 2.47. The second-order valence-electron chi connectivity index (χ2n) is 19.3. The fourth-order valence-electron chi connectivity index (χ4n) is 10.8. The number of halogens is 2. The lowest BCUT2D eigenvalue weighted by Gasteiger charge is -2.27. The van der Waals surface area contributed by atoms with E-state index in [1.54, 1.807) is 46.5 Å². The Kier molecular flexibility index (Phi) is 14.2. The molecule has 4 saturated heterocycles. The molecule has 0 saturated carbocycles. The van der Waals surface area contributed by atoms with Crippen molar-refractivity contribution in [3.63, 3.8) is 0 Å². The number of carbonyl (C=O) groups is 4. The van der Waals surface area contributed by atoms with E-state index in [1.807, 2.05) is 21.9 Å². The number of amides is 4. The van der Waals surface area contributed by atoms with Crippen LogP contribution in [0.5, 0.6) is 0 Å². The Morgan fingerprint density at radius 1 is 0.592 bits per heavy atom. The lowest BCUT2D eigenvalue weighted by Crippen LogP contribution is -2.49. The predicted octanol–water partition coefficient (Wildman–Crippen LogP) is 4.78. The number of fused-ring (bicyclic) bond motifs is 2. The molecule has 2 aromatic carbocycles. The van der Waals surface area contributed by atoms with E-state index in [4.69, 9.17) is 0 Å². The number of rotatable bonds is 8. The van der Waals surface area contributed by atoms with E-state index in [2.05, 4.69) is 30.8 Å². The molecule has 4 fully saturated rings. The summed E-state index contributed by atoms with van der Waals surface area (Å²) in [5.74, 6) is -1.20. The van der Waals surface area contributed by atoms with Gasteiger partial charge in [-0.05, 0) is 62.1 Å². The number of aliphatic hydroxyl groups is 2. The summed E-state index contributed by atoms with van der Waals surface area (Å²) in [6, 6.07) is 19.1. The van der Waals surface area contributed by atoms with E-state index in [-0.39, 0.29) is 98.3 Å². The Labute approximate surface area is 436 Å². The highest BCUT2D eigenvalue weighted by atomic mass is 19.1. The van der Waals surface area contributed by atoms with Gasteiger partial charge < -0.3 is 40.4 Å². The van der Waals surface area contributed by atoms with E-state index >= 15 is 0 Å². The zero-order valence-electron chi connectivity index (χ0n) is 39.9. The fraction of sp³-hybridized carbons (Fsp3) is 0.370. The zero-order chi connectivity index (χ0) is 51.5. The monoisotopic (exact) mass is 1030 g/mol. The van der Waals surface area contributed by atoms with E-state index in [0.29, 0.717) is 97.6 Å². The van der Waals surface area contributed by atoms with Crippen LogP contribution in [-0.4, -0.2) is 137 Å². The number of nitrogens with one attached hydrogen (secondary N) is 2. The molecule has 6 aromatic rings. The number of nitriles is 2. The van der Waals surface area contributed by atoms with Crippen LogP contribution < -0.4 is 20.4 Å². The van der Waals surface area contributed by atoms with Crippen molar-refractivity contribution in [3.05, 3.63) is 118 Å². The average molecular weight is 1040 g/mol. The maximum absolute atomic E-state index is 14.8. The molecule has 0 aliphatic carbocycles. The molecule has 76 heavy (non-hydrogen) atoms. The maximum atomic E-state index is 14.8. The number of anilines is 2. The van der Waals surface area contributed by atoms with Crippen molar-refractivity contribution in [2.24, 2.45) is 0 Å². The highest BCUT2D eigenvalue weighted by Crippen LogP contribution is 2.36. The standard InChI is InChI=1S/2C26H24FN7O3.2CH4/c2*27-17-5-3-4-16(13-28)22(17)18-12-20(23-19(30-18)14-29-24(23)35)34-10-6-21(31-34)33-11-7-26(37,15-33)25(36)32-8-1-2-9-32;;/h2*3-6,10,12,37H,1-2,7-9,11,14-15H2,(H,29,35);2*1H4/t26-;;;/m1.../s1. The lowest BCUT2D eigenvalue weighted by molar-refractivity contribution is -0.148. The molecule has 0 radical (unpaired) electrons. The van der Waals surface area contributed by atoms with Gasteiger partial charge in [0.05, 0.1) is 106 Å². The number of β-amino-alcohol motifs (C(OH)–C–C–N with tert-alkyl or cyclic N) is 2. The molecule has 4 aromatic heterocycles. The van der Waals surface area contributed by atoms with Gasteiger partial charge in [-0.3, -0.25) is 19.2 Å². The van der Waals surface area contributed by atoms with Gasteiger partial charge in [0, 0.05) is 76.6 Å². The molecule has 6 aliphatic rings. The fourth-order valence-corrected chi connectivity index (χ4v) is 10.8. The third-order valence-electron chi connectivity index (χ3n) is 14.6. The molecule has 20 nitrogen and oxygen atoms in total.